The number of hydrogen-bond donors (Lipinski definition) is 1. The van der Waals surface area contributed by atoms with Gasteiger partial charge in [-0.05, 0) is 11.6 Å². The van der Waals surface area contributed by atoms with Crippen LogP contribution in [-0.2, 0) is 17.0 Å². The summed E-state index contributed by atoms with van der Waals surface area (Å²) in [5.41, 5.74) is 0.637. The molecule has 0 saturated carbocycles. The lowest BCUT2D eigenvalue weighted by Gasteiger charge is -2.00. The van der Waals surface area contributed by atoms with E-state index >= 15 is 0 Å². The molecule has 1 aromatic heterocycles. The number of aliphatic carboxylic acids is 1. The van der Waals surface area contributed by atoms with Crippen molar-refractivity contribution < 1.29 is 19.2 Å². The van der Waals surface area contributed by atoms with E-state index in [1.165, 1.54) is 35.2 Å². The van der Waals surface area contributed by atoms with Crippen LogP contribution in [0.4, 0.5) is 10.1 Å². The highest BCUT2D eigenvalue weighted by Crippen LogP contribution is 2.28. The van der Waals surface area contributed by atoms with Crippen LogP contribution in [0.5, 0.6) is 0 Å². The summed E-state index contributed by atoms with van der Waals surface area (Å²) in [5.74, 6) is -1.30. The fraction of sp³-hybridized carbons (Fsp3) is 0.167. The molecule has 0 bridgehead atoms. The zero-order valence-corrected chi connectivity index (χ0v) is 12.1. The summed E-state index contributed by atoms with van der Waals surface area (Å²) in [4.78, 5) is 24.7. The number of nitrogens with zero attached hydrogens (tertiary/aromatic N) is 2. The Kier molecular flexibility index (Phi) is 4.86. The van der Waals surface area contributed by atoms with Crippen molar-refractivity contribution in [2.45, 2.75) is 16.5 Å². The molecule has 21 heavy (non-hydrogen) atoms. The highest BCUT2D eigenvalue weighted by atomic mass is 32.2. The molecule has 110 valence electrons. The Morgan fingerprint density at radius 2 is 2.24 bits per heavy atom. The van der Waals surface area contributed by atoms with Crippen LogP contribution >= 0.6 is 23.1 Å². The number of halogens is 1. The molecular weight excluding hydrogens is 319 g/mol. The van der Waals surface area contributed by atoms with Gasteiger partial charge in [-0.2, -0.15) is 0 Å². The van der Waals surface area contributed by atoms with E-state index in [-0.39, 0.29) is 12.1 Å². The molecule has 6 nitrogen and oxygen atoms in total. The van der Waals surface area contributed by atoms with Crippen molar-refractivity contribution in [2.24, 2.45) is 0 Å². The van der Waals surface area contributed by atoms with Gasteiger partial charge in [0.15, 0.2) is 0 Å². The van der Waals surface area contributed by atoms with Crippen molar-refractivity contribution in [1.82, 2.24) is 4.98 Å². The van der Waals surface area contributed by atoms with Gasteiger partial charge >= 0.3 is 5.97 Å². The minimum absolute atomic E-state index is 0.150. The molecule has 0 aliphatic carbocycles. The van der Waals surface area contributed by atoms with E-state index < -0.39 is 16.7 Å². The Balaban J connectivity index is 2.04. The van der Waals surface area contributed by atoms with Gasteiger partial charge in [-0.25, -0.2) is 9.37 Å². The van der Waals surface area contributed by atoms with Crippen LogP contribution in [-0.4, -0.2) is 21.0 Å². The van der Waals surface area contributed by atoms with Crippen molar-refractivity contribution in [3.8, 4) is 0 Å². The molecule has 1 aromatic carbocycles. The van der Waals surface area contributed by atoms with Gasteiger partial charge in [-0.15, -0.1) is 11.3 Å². The topological polar surface area (TPSA) is 93.3 Å². The van der Waals surface area contributed by atoms with Gasteiger partial charge < -0.3 is 5.11 Å². The number of rotatable bonds is 6. The van der Waals surface area contributed by atoms with Gasteiger partial charge in [-0.3, -0.25) is 14.9 Å². The minimum Gasteiger partial charge on any atom is -0.481 e. The van der Waals surface area contributed by atoms with Crippen molar-refractivity contribution in [1.29, 1.82) is 0 Å². The Morgan fingerprint density at radius 3 is 2.90 bits per heavy atom. The number of hydrogen-bond acceptors (Lipinski definition) is 6. The number of nitro groups is 1. The van der Waals surface area contributed by atoms with E-state index in [0.29, 0.717) is 21.3 Å². The number of non-ortho nitro benzene ring substituents is 1. The summed E-state index contributed by atoms with van der Waals surface area (Å²) in [6.45, 7) is 0. The molecule has 0 fully saturated rings. The summed E-state index contributed by atoms with van der Waals surface area (Å²) < 4.78 is 13.9. The quantitative estimate of drug-likeness (QED) is 0.497. The van der Waals surface area contributed by atoms with Crippen LogP contribution in [0.25, 0.3) is 0 Å². The predicted molar refractivity (Wildman–Crippen MR) is 76.1 cm³/mol. The molecule has 0 unspecified atom stereocenters. The Labute approximate surface area is 126 Å². The number of carboxylic acid groups (broad SMARTS) is 1. The van der Waals surface area contributed by atoms with Crippen LogP contribution in [0.3, 0.4) is 0 Å². The average molecular weight is 328 g/mol. The largest absolute Gasteiger partial charge is 0.481 e. The Hall–Kier alpha value is -2.00. The van der Waals surface area contributed by atoms with Crippen molar-refractivity contribution in [2.75, 3.05) is 0 Å². The standard InChI is InChI=1S/C12H9FN2O4S2/c13-8-1-7(2-10(3-8)15(18)19)5-20-12-14-9(6-21-12)4-11(16)17/h1-3,6H,4-5H2,(H,16,17). The van der Waals surface area contributed by atoms with Gasteiger partial charge in [0, 0.05) is 17.2 Å². The summed E-state index contributed by atoms with van der Waals surface area (Å²) in [6, 6.07) is 3.40. The third kappa shape index (κ3) is 4.50. The maximum atomic E-state index is 13.3. The van der Waals surface area contributed by atoms with Gasteiger partial charge in [0.2, 0.25) is 0 Å². The molecule has 0 amide bonds. The van der Waals surface area contributed by atoms with Gasteiger partial charge in [0.05, 0.1) is 23.1 Å². The van der Waals surface area contributed by atoms with E-state index in [2.05, 4.69) is 4.98 Å². The highest BCUT2D eigenvalue weighted by Gasteiger charge is 2.11. The molecule has 0 saturated heterocycles. The maximum Gasteiger partial charge on any atom is 0.309 e. The number of aromatic nitrogens is 1. The normalized spacial score (nSPS) is 10.5. The van der Waals surface area contributed by atoms with E-state index in [1.54, 1.807) is 5.38 Å². The zero-order chi connectivity index (χ0) is 15.4. The lowest BCUT2D eigenvalue weighted by Crippen LogP contribution is -1.99. The molecule has 9 heteroatoms. The lowest BCUT2D eigenvalue weighted by molar-refractivity contribution is -0.385. The maximum absolute atomic E-state index is 13.3. The van der Waals surface area contributed by atoms with E-state index in [4.69, 9.17) is 5.11 Å². The first kappa shape index (κ1) is 15.4. The van der Waals surface area contributed by atoms with Gasteiger partial charge in [0.25, 0.3) is 5.69 Å². The molecule has 0 radical (unpaired) electrons. The summed E-state index contributed by atoms with van der Waals surface area (Å²) in [7, 11) is 0. The van der Waals surface area contributed by atoms with Crippen LogP contribution in [0, 0.1) is 15.9 Å². The monoisotopic (exact) mass is 328 g/mol. The van der Waals surface area contributed by atoms with Crippen molar-refractivity contribution in [3.05, 3.63) is 50.8 Å². The molecule has 2 rings (SSSR count). The van der Waals surface area contributed by atoms with Crippen molar-refractivity contribution in [3.63, 3.8) is 0 Å². The molecule has 0 atom stereocenters. The SMILES string of the molecule is O=C(O)Cc1csc(SCc2cc(F)cc([N+](=O)[O-])c2)n1. The second-order valence-electron chi connectivity index (χ2n) is 4.04. The van der Waals surface area contributed by atoms with Crippen LogP contribution in [0.1, 0.15) is 11.3 Å². The molecule has 1 heterocycles. The summed E-state index contributed by atoms with van der Waals surface area (Å²) in [5, 5.41) is 20.9. The zero-order valence-electron chi connectivity index (χ0n) is 10.5. The van der Waals surface area contributed by atoms with Crippen LogP contribution in [0.15, 0.2) is 27.9 Å². The van der Waals surface area contributed by atoms with Gasteiger partial charge in [0.1, 0.15) is 10.2 Å². The third-order valence-electron chi connectivity index (χ3n) is 2.38. The van der Waals surface area contributed by atoms with E-state index in [0.717, 1.165) is 6.07 Å². The minimum atomic E-state index is -0.961. The first-order valence-electron chi connectivity index (χ1n) is 5.67. The lowest BCUT2D eigenvalue weighted by atomic mass is 10.2. The Morgan fingerprint density at radius 1 is 1.48 bits per heavy atom. The van der Waals surface area contributed by atoms with Crippen molar-refractivity contribution >= 4 is 34.8 Å². The number of nitro benzene ring substituents is 1. The molecule has 1 N–H and O–H groups in total. The highest BCUT2D eigenvalue weighted by molar-refractivity contribution is 8.00. The molecular formula is C12H9FN2O4S2. The molecule has 0 aliphatic heterocycles. The number of carbonyl (C=O) groups is 1. The summed E-state index contributed by atoms with van der Waals surface area (Å²) in [6.07, 6.45) is -0.150. The number of thiazole rings is 1. The van der Waals surface area contributed by atoms with Gasteiger partial charge in [-0.1, -0.05) is 11.8 Å². The number of benzene rings is 1. The molecule has 2 aromatic rings. The first-order chi connectivity index (χ1) is 9.94. The van der Waals surface area contributed by atoms with Crippen LogP contribution < -0.4 is 0 Å². The summed E-state index contributed by atoms with van der Waals surface area (Å²) >= 11 is 2.56. The average Bonchev–Trinajstić information content (AvgIpc) is 2.82. The van der Waals surface area contributed by atoms with Crippen LogP contribution in [0.2, 0.25) is 0 Å². The van der Waals surface area contributed by atoms with E-state index in [9.17, 15) is 19.3 Å². The van der Waals surface area contributed by atoms with E-state index in [1.807, 2.05) is 0 Å². The number of carboxylic acids is 1. The smallest absolute Gasteiger partial charge is 0.309 e. The fourth-order valence-corrected chi connectivity index (χ4v) is 3.33. The fourth-order valence-electron chi connectivity index (χ4n) is 1.56. The third-order valence-corrected chi connectivity index (χ3v) is 4.52. The number of thioether (sulfide) groups is 1. The molecule has 0 aliphatic rings. The Bertz CT molecular complexity index is 690. The second kappa shape index (κ2) is 6.64. The second-order valence-corrected chi connectivity index (χ2v) is 6.12. The first-order valence-corrected chi connectivity index (χ1v) is 7.53. The predicted octanol–water partition coefficient (Wildman–Crippen LogP) is 3.11. The molecule has 0 spiro atoms.